The van der Waals surface area contributed by atoms with Gasteiger partial charge in [0, 0.05) is 0 Å². The summed E-state index contributed by atoms with van der Waals surface area (Å²) in [6.07, 6.45) is 0. The van der Waals surface area contributed by atoms with Crippen LogP contribution in [-0.2, 0) is 3.36 Å². The second-order valence-electron chi connectivity index (χ2n) is 6.80. The van der Waals surface area contributed by atoms with Gasteiger partial charge >= 0.3 is 171 Å². The number of hydrogen-bond acceptors (Lipinski definition) is 0. The summed E-state index contributed by atoms with van der Waals surface area (Å²) in [5.41, 5.74) is 0.528. The van der Waals surface area contributed by atoms with Crippen molar-refractivity contribution >= 4 is 20.2 Å². The molecule has 0 radical (unpaired) electrons. The van der Waals surface area contributed by atoms with Crippen molar-refractivity contribution in [3.8, 4) is 0 Å². The summed E-state index contributed by atoms with van der Waals surface area (Å²) < 4.78 is 76.0. The number of alkyl halides is 6. The average Bonchev–Trinajstić information content (AvgIpc) is 2.73. The monoisotopic (exact) mass is 514 g/mol. The summed E-state index contributed by atoms with van der Waals surface area (Å²) in [5.74, 6) is -5.35. The van der Waals surface area contributed by atoms with Crippen LogP contribution < -0.4 is 0 Å². The van der Waals surface area contributed by atoms with Crippen molar-refractivity contribution in [1.29, 1.82) is 0 Å². The molecule has 0 aromatic heterocycles. The zero-order chi connectivity index (χ0) is 20.9. The molecule has 0 aliphatic carbocycles. The average molecular weight is 515 g/mol. The van der Waals surface area contributed by atoms with E-state index in [1.54, 1.807) is 54.6 Å². The summed E-state index contributed by atoms with van der Waals surface area (Å²) in [5, 5.41) is 0. The van der Waals surface area contributed by atoms with E-state index in [4.69, 9.17) is 0 Å². The first kappa shape index (κ1) is 20.3. The Kier molecular flexibility index (Phi) is 4.77. The van der Waals surface area contributed by atoms with Crippen LogP contribution in [0.5, 0.6) is 0 Å². The standard InChI is InChI=1S/C19H15.C3F6.Sb/c1-4-10-16(11-5-1)19(17-12-6-2-7-13-17)18-14-8-3-9-15-18;4-1(5)3(8,9)2(6)7;/h1-15H;;. The Labute approximate surface area is 171 Å². The van der Waals surface area contributed by atoms with Gasteiger partial charge in [-0.15, -0.1) is 0 Å². The molecule has 3 aromatic carbocycles. The molecule has 1 aliphatic rings. The van der Waals surface area contributed by atoms with Crippen molar-refractivity contribution in [2.75, 3.05) is 0 Å². The molecule has 0 atom stereocenters. The number of rotatable bonds is 4. The van der Waals surface area contributed by atoms with Crippen LogP contribution in [0.4, 0.5) is 26.3 Å². The van der Waals surface area contributed by atoms with Crippen LogP contribution in [0.15, 0.2) is 91.0 Å². The quantitative estimate of drug-likeness (QED) is 0.226. The van der Waals surface area contributed by atoms with Crippen LogP contribution in [0.2, 0.25) is 0 Å². The van der Waals surface area contributed by atoms with E-state index in [1.807, 2.05) is 0 Å². The van der Waals surface area contributed by atoms with Gasteiger partial charge in [0.2, 0.25) is 0 Å². The fourth-order valence-corrected chi connectivity index (χ4v) is 12.8. The van der Waals surface area contributed by atoms with Crippen molar-refractivity contribution in [1.82, 2.24) is 0 Å². The van der Waals surface area contributed by atoms with Crippen LogP contribution in [0.3, 0.4) is 0 Å². The van der Waals surface area contributed by atoms with Crippen LogP contribution in [-0.4, -0.2) is 33.9 Å². The van der Waals surface area contributed by atoms with Crippen LogP contribution in [0, 0.1) is 0 Å². The van der Waals surface area contributed by atoms with Gasteiger partial charge in [-0.1, -0.05) is 0 Å². The first-order valence-electron chi connectivity index (χ1n) is 8.79. The Morgan fingerprint density at radius 1 is 0.483 bits per heavy atom. The van der Waals surface area contributed by atoms with Crippen LogP contribution in [0.1, 0.15) is 16.7 Å². The molecular formula is C22H15F6Sb. The first-order valence-corrected chi connectivity index (χ1v) is 12.6. The van der Waals surface area contributed by atoms with Gasteiger partial charge < -0.3 is 0 Å². The molecule has 1 aliphatic heterocycles. The summed E-state index contributed by atoms with van der Waals surface area (Å²) in [7, 11) is 0. The molecule has 29 heavy (non-hydrogen) atoms. The van der Waals surface area contributed by atoms with E-state index in [1.165, 1.54) is 36.4 Å². The van der Waals surface area contributed by atoms with Crippen molar-refractivity contribution in [2.24, 2.45) is 0 Å². The van der Waals surface area contributed by atoms with Crippen molar-refractivity contribution in [3.05, 3.63) is 108 Å². The van der Waals surface area contributed by atoms with E-state index in [-0.39, 0.29) is 16.7 Å². The Morgan fingerprint density at radius 2 is 0.759 bits per heavy atom. The molecule has 0 unspecified atom stereocenters. The van der Waals surface area contributed by atoms with Gasteiger partial charge in [0.25, 0.3) is 0 Å². The van der Waals surface area contributed by atoms with Crippen LogP contribution in [0.25, 0.3) is 0 Å². The van der Waals surface area contributed by atoms with Gasteiger partial charge in [0.1, 0.15) is 0 Å². The molecule has 0 spiro atoms. The third-order valence-electron chi connectivity index (χ3n) is 5.23. The molecule has 7 heteroatoms. The van der Waals surface area contributed by atoms with E-state index in [9.17, 15) is 26.3 Å². The summed E-state index contributed by atoms with van der Waals surface area (Å²) >= 11 is -5.51. The van der Waals surface area contributed by atoms with Crippen molar-refractivity contribution in [2.45, 2.75) is 17.0 Å². The summed E-state index contributed by atoms with van der Waals surface area (Å²) in [4.78, 5) is 0. The summed E-state index contributed by atoms with van der Waals surface area (Å²) in [6, 6.07) is 23.0. The molecule has 4 rings (SSSR count). The zero-order valence-electron chi connectivity index (χ0n) is 14.9. The molecule has 150 valence electrons. The predicted octanol–water partition coefficient (Wildman–Crippen LogP) is 6.05. The van der Waals surface area contributed by atoms with E-state index in [2.05, 4.69) is 0 Å². The van der Waals surface area contributed by atoms with Gasteiger partial charge in [-0.3, -0.25) is 0 Å². The molecule has 0 N–H and O–H groups in total. The van der Waals surface area contributed by atoms with E-state index in [0.29, 0.717) is 0 Å². The van der Waals surface area contributed by atoms with E-state index >= 15 is 0 Å². The predicted molar refractivity (Wildman–Crippen MR) is 99.8 cm³/mol. The van der Waals surface area contributed by atoms with Gasteiger partial charge in [0.15, 0.2) is 0 Å². The Bertz CT molecular complexity index is 875. The maximum atomic E-state index is 14.9. The second kappa shape index (κ2) is 6.80. The van der Waals surface area contributed by atoms with Crippen molar-refractivity contribution in [3.63, 3.8) is 0 Å². The Morgan fingerprint density at radius 3 is 1.03 bits per heavy atom. The van der Waals surface area contributed by atoms with E-state index in [0.717, 1.165) is 0 Å². The Balaban J connectivity index is 2.13. The van der Waals surface area contributed by atoms with Crippen molar-refractivity contribution < 1.29 is 26.3 Å². The first-order chi connectivity index (χ1) is 13.7. The molecule has 1 fully saturated rings. The van der Waals surface area contributed by atoms with Gasteiger partial charge in [-0.2, -0.15) is 0 Å². The van der Waals surface area contributed by atoms with Gasteiger partial charge in [-0.25, -0.2) is 0 Å². The summed E-state index contributed by atoms with van der Waals surface area (Å²) in [6.45, 7) is 0. The SMILES string of the molecule is F[C]1(F)[Sb]([C](c2ccccc2)(c2ccccc2)c2ccccc2)[C](F)(F)C1(F)F. The van der Waals surface area contributed by atoms with E-state index < -0.39 is 37.2 Å². The molecule has 0 amide bonds. The molecule has 1 heterocycles. The molecular weight excluding hydrogens is 500 g/mol. The number of benzene rings is 3. The third-order valence-corrected chi connectivity index (χ3v) is 14.2. The normalized spacial score (nSPS) is 20.1. The number of hydrogen-bond donors (Lipinski definition) is 0. The molecule has 0 bridgehead atoms. The minimum atomic E-state index is -5.51. The van der Waals surface area contributed by atoms with Gasteiger partial charge in [-0.05, 0) is 0 Å². The number of halogens is 6. The minimum absolute atomic E-state index is 0.176. The Hall–Kier alpha value is -1.94. The molecule has 3 aromatic rings. The molecule has 0 nitrogen and oxygen atoms in total. The second-order valence-corrected chi connectivity index (χ2v) is 13.8. The maximum absolute atomic E-state index is 14.9. The fourth-order valence-electron chi connectivity index (χ4n) is 3.93. The zero-order valence-corrected chi connectivity index (χ0v) is 17.4. The third kappa shape index (κ3) is 2.61. The van der Waals surface area contributed by atoms with Crippen LogP contribution >= 0.6 is 0 Å². The fraction of sp³-hybridized carbons (Fsp3) is 0.182. The van der Waals surface area contributed by atoms with Gasteiger partial charge in [0.05, 0.1) is 0 Å². The molecule has 0 saturated carbocycles. The molecule has 1 saturated heterocycles. The topological polar surface area (TPSA) is 0 Å².